The Kier molecular flexibility index (Phi) is 3.27. The molecule has 2 unspecified atom stereocenters. The molecule has 2 N–H and O–H groups in total. The van der Waals surface area contributed by atoms with Crippen molar-refractivity contribution in [3.63, 3.8) is 0 Å². The molecule has 1 saturated carbocycles. The van der Waals surface area contributed by atoms with Crippen molar-refractivity contribution in [2.24, 2.45) is 11.8 Å². The molecule has 1 aromatic heterocycles. The van der Waals surface area contributed by atoms with Gasteiger partial charge in [0.2, 0.25) is 5.88 Å². The summed E-state index contributed by atoms with van der Waals surface area (Å²) in [7, 11) is 0. The van der Waals surface area contributed by atoms with Gasteiger partial charge >= 0.3 is 0 Å². The van der Waals surface area contributed by atoms with Crippen LogP contribution < -0.4 is 10.5 Å². The van der Waals surface area contributed by atoms with Crippen molar-refractivity contribution in [1.82, 2.24) is 9.97 Å². The zero-order valence-corrected chi connectivity index (χ0v) is 9.89. The monoisotopic (exact) mass is 221 g/mol. The Bertz CT molecular complexity index is 346. The third-order valence-corrected chi connectivity index (χ3v) is 3.12. The fraction of sp³-hybridized carbons (Fsp3) is 0.667. The quantitative estimate of drug-likeness (QED) is 0.832. The van der Waals surface area contributed by atoms with Gasteiger partial charge in [-0.05, 0) is 31.1 Å². The summed E-state index contributed by atoms with van der Waals surface area (Å²) in [5, 5.41) is 0. The molecule has 1 aromatic rings. The molecule has 4 nitrogen and oxygen atoms in total. The van der Waals surface area contributed by atoms with Crippen LogP contribution in [-0.4, -0.2) is 16.1 Å². The van der Waals surface area contributed by atoms with E-state index in [1.54, 1.807) is 6.20 Å². The van der Waals surface area contributed by atoms with E-state index < -0.39 is 0 Å². The third-order valence-electron chi connectivity index (χ3n) is 3.12. The van der Waals surface area contributed by atoms with Crippen molar-refractivity contribution in [2.45, 2.75) is 39.2 Å². The lowest BCUT2D eigenvalue weighted by Crippen LogP contribution is -2.29. The maximum absolute atomic E-state index is 5.85. The molecule has 1 heterocycles. The Morgan fingerprint density at radius 3 is 2.56 bits per heavy atom. The first-order valence-electron chi connectivity index (χ1n) is 5.87. The minimum atomic E-state index is 0.246. The number of anilines is 1. The van der Waals surface area contributed by atoms with Gasteiger partial charge in [-0.3, -0.25) is 0 Å². The molecule has 4 heteroatoms. The largest absolute Gasteiger partial charge is 0.473 e. The number of hydrogen-bond acceptors (Lipinski definition) is 4. The third kappa shape index (κ3) is 2.62. The molecule has 0 aromatic carbocycles. The van der Waals surface area contributed by atoms with Crippen molar-refractivity contribution in [3.8, 4) is 5.88 Å². The van der Waals surface area contributed by atoms with Crippen LogP contribution in [0.4, 0.5) is 5.69 Å². The molecule has 0 radical (unpaired) electrons. The van der Waals surface area contributed by atoms with Gasteiger partial charge in [-0.25, -0.2) is 4.98 Å². The van der Waals surface area contributed by atoms with Crippen LogP contribution in [0, 0.1) is 11.8 Å². The van der Waals surface area contributed by atoms with Crippen LogP contribution in [0.3, 0.4) is 0 Å². The van der Waals surface area contributed by atoms with Gasteiger partial charge in [0.15, 0.2) is 0 Å². The molecule has 0 spiro atoms. The van der Waals surface area contributed by atoms with Gasteiger partial charge in [0, 0.05) is 0 Å². The van der Waals surface area contributed by atoms with E-state index in [0.29, 0.717) is 11.6 Å². The van der Waals surface area contributed by atoms with E-state index in [1.165, 1.54) is 12.7 Å². The van der Waals surface area contributed by atoms with Crippen LogP contribution in [0.1, 0.15) is 33.1 Å². The van der Waals surface area contributed by atoms with Crippen LogP contribution >= 0.6 is 0 Å². The Hall–Kier alpha value is -1.32. The predicted octanol–water partition coefficient (Wildman–Crippen LogP) is 2.26. The molecule has 1 aliphatic rings. The second-order valence-corrected chi connectivity index (χ2v) is 4.94. The fourth-order valence-electron chi connectivity index (χ4n) is 2.55. The predicted molar refractivity (Wildman–Crippen MR) is 63.0 cm³/mol. The van der Waals surface area contributed by atoms with E-state index in [-0.39, 0.29) is 6.10 Å². The topological polar surface area (TPSA) is 61.0 Å². The van der Waals surface area contributed by atoms with Crippen LogP contribution in [-0.2, 0) is 0 Å². The van der Waals surface area contributed by atoms with Crippen molar-refractivity contribution in [3.05, 3.63) is 12.5 Å². The highest BCUT2D eigenvalue weighted by Gasteiger charge is 2.25. The standard InChI is InChI=1S/C12H19N3O/c1-8-3-9(2)5-10(4-8)16-12-11(13)6-14-7-15-12/h6-10H,3-5,13H2,1-2H3. The van der Waals surface area contributed by atoms with E-state index in [2.05, 4.69) is 23.8 Å². The van der Waals surface area contributed by atoms with E-state index in [4.69, 9.17) is 10.5 Å². The second-order valence-electron chi connectivity index (χ2n) is 4.94. The summed E-state index contributed by atoms with van der Waals surface area (Å²) in [5.74, 6) is 1.97. The van der Waals surface area contributed by atoms with Gasteiger partial charge in [-0.1, -0.05) is 13.8 Å². The zero-order chi connectivity index (χ0) is 11.5. The minimum Gasteiger partial charge on any atom is -0.473 e. The summed E-state index contributed by atoms with van der Waals surface area (Å²) in [6.45, 7) is 4.55. The van der Waals surface area contributed by atoms with E-state index in [0.717, 1.165) is 24.7 Å². The smallest absolute Gasteiger partial charge is 0.240 e. The van der Waals surface area contributed by atoms with Crippen molar-refractivity contribution >= 4 is 5.69 Å². The summed E-state index contributed by atoms with van der Waals surface area (Å²) < 4.78 is 5.85. The summed E-state index contributed by atoms with van der Waals surface area (Å²) >= 11 is 0. The molecule has 1 fully saturated rings. The highest BCUT2D eigenvalue weighted by atomic mass is 16.5. The van der Waals surface area contributed by atoms with Crippen LogP contribution in [0.5, 0.6) is 5.88 Å². The Balaban J connectivity index is 2.02. The van der Waals surface area contributed by atoms with Gasteiger partial charge in [0.1, 0.15) is 18.1 Å². The normalized spacial score (nSPS) is 30.0. The molecule has 2 atom stereocenters. The first-order chi connectivity index (χ1) is 7.65. The minimum absolute atomic E-state index is 0.246. The SMILES string of the molecule is CC1CC(C)CC(Oc2ncncc2N)C1. The van der Waals surface area contributed by atoms with Gasteiger partial charge in [0.25, 0.3) is 0 Å². The Morgan fingerprint density at radius 2 is 1.94 bits per heavy atom. The summed E-state index contributed by atoms with van der Waals surface area (Å²) in [4.78, 5) is 7.92. The van der Waals surface area contributed by atoms with Crippen molar-refractivity contribution < 1.29 is 4.74 Å². The summed E-state index contributed by atoms with van der Waals surface area (Å²) in [6, 6.07) is 0. The fourth-order valence-corrected chi connectivity index (χ4v) is 2.55. The summed E-state index contributed by atoms with van der Waals surface area (Å²) in [5.41, 5.74) is 6.28. The molecule has 88 valence electrons. The average Bonchev–Trinajstić information content (AvgIpc) is 2.20. The lowest BCUT2D eigenvalue weighted by atomic mass is 9.82. The Morgan fingerprint density at radius 1 is 1.25 bits per heavy atom. The van der Waals surface area contributed by atoms with Gasteiger partial charge in [0.05, 0.1) is 6.20 Å². The highest BCUT2D eigenvalue weighted by molar-refractivity contribution is 5.44. The average molecular weight is 221 g/mol. The molecule has 0 aliphatic heterocycles. The first-order valence-corrected chi connectivity index (χ1v) is 5.87. The zero-order valence-electron chi connectivity index (χ0n) is 9.89. The number of nitrogen functional groups attached to an aromatic ring is 1. The number of aromatic nitrogens is 2. The van der Waals surface area contributed by atoms with Crippen molar-refractivity contribution in [1.29, 1.82) is 0 Å². The van der Waals surface area contributed by atoms with Crippen LogP contribution in [0.2, 0.25) is 0 Å². The summed E-state index contributed by atoms with van der Waals surface area (Å²) in [6.07, 6.45) is 6.77. The first kappa shape index (κ1) is 11.2. The second kappa shape index (κ2) is 4.68. The van der Waals surface area contributed by atoms with Gasteiger partial charge in [-0.15, -0.1) is 0 Å². The van der Waals surface area contributed by atoms with Crippen LogP contribution in [0.25, 0.3) is 0 Å². The number of nitrogens with zero attached hydrogens (tertiary/aromatic N) is 2. The molecule has 0 amide bonds. The van der Waals surface area contributed by atoms with Crippen LogP contribution in [0.15, 0.2) is 12.5 Å². The number of rotatable bonds is 2. The molecule has 1 aliphatic carbocycles. The number of hydrogen-bond donors (Lipinski definition) is 1. The number of ether oxygens (including phenoxy) is 1. The maximum Gasteiger partial charge on any atom is 0.240 e. The van der Waals surface area contributed by atoms with Gasteiger partial charge < -0.3 is 10.5 Å². The highest BCUT2D eigenvalue weighted by Crippen LogP contribution is 2.31. The van der Waals surface area contributed by atoms with Gasteiger partial charge in [-0.2, -0.15) is 4.98 Å². The van der Waals surface area contributed by atoms with Crippen molar-refractivity contribution in [2.75, 3.05) is 5.73 Å². The maximum atomic E-state index is 5.85. The molecule has 0 bridgehead atoms. The Labute approximate surface area is 96.2 Å². The molecular weight excluding hydrogens is 202 g/mol. The lowest BCUT2D eigenvalue weighted by molar-refractivity contribution is 0.0973. The molecule has 0 saturated heterocycles. The van der Waals surface area contributed by atoms with E-state index in [1.807, 2.05) is 0 Å². The molecule has 16 heavy (non-hydrogen) atoms. The lowest BCUT2D eigenvalue weighted by Gasteiger charge is -2.31. The van der Waals surface area contributed by atoms with E-state index >= 15 is 0 Å². The van der Waals surface area contributed by atoms with E-state index in [9.17, 15) is 0 Å². The number of nitrogens with two attached hydrogens (primary N) is 1. The molecular formula is C12H19N3O. The molecule has 2 rings (SSSR count).